The highest BCUT2D eigenvalue weighted by Gasteiger charge is 1.99. The quantitative estimate of drug-likeness (QED) is 0.223. The van der Waals surface area contributed by atoms with Gasteiger partial charge >= 0.3 is 10.3 Å². The third-order valence-corrected chi connectivity index (χ3v) is 1.34. The highest BCUT2D eigenvalue weighted by molar-refractivity contribution is 7.83. The van der Waals surface area contributed by atoms with E-state index in [4.69, 9.17) is 4.55 Å². The molecular weight excluding hydrogens is 212 g/mol. The summed E-state index contributed by atoms with van der Waals surface area (Å²) in [5, 5.41) is 0. The molecule has 0 aromatic carbocycles. The maximum absolute atomic E-state index is 10.1. The van der Waals surface area contributed by atoms with Gasteiger partial charge in [-0.3, -0.25) is 9.98 Å². The zero-order chi connectivity index (χ0) is 10.4. The van der Waals surface area contributed by atoms with E-state index < -0.39 is 10.3 Å². The molecule has 1 heterocycles. The van der Waals surface area contributed by atoms with Crippen molar-refractivity contribution in [2.45, 2.75) is 0 Å². The first-order valence-corrected chi connectivity index (χ1v) is 4.79. The molecule has 0 saturated carbocycles. The van der Waals surface area contributed by atoms with E-state index >= 15 is 0 Å². The fraction of sp³-hybridized carbons (Fsp3) is 0. The lowest BCUT2D eigenvalue weighted by Gasteiger charge is -2.06. The lowest BCUT2D eigenvalue weighted by atomic mass is 10.7. The normalized spacial score (nSPS) is 11.2. The van der Waals surface area contributed by atoms with E-state index in [0.29, 0.717) is 0 Å². The molecule has 5 N–H and O–H groups in total. The molecule has 1 aromatic rings. The van der Waals surface area contributed by atoms with Crippen LogP contribution in [0.5, 0.6) is 0 Å². The van der Waals surface area contributed by atoms with Gasteiger partial charge in [-0.2, -0.15) is 19.5 Å². The average molecular weight is 220 g/mol. The zero-order valence-corrected chi connectivity index (χ0v) is 7.61. The van der Waals surface area contributed by atoms with Crippen molar-refractivity contribution in [3.8, 4) is 0 Å². The Hall–Kier alpha value is -1.33. The van der Waals surface area contributed by atoms with Crippen LogP contribution >= 0.6 is 0 Å². The van der Waals surface area contributed by atoms with Crippen molar-refractivity contribution in [3.05, 3.63) is 18.5 Å². The highest BCUT2D eigenvalue weighted by atomic mass is 32.2. The molecule has 0 bridgehead atoms. The van der Waals surface area contributed by atoms with Crippen LogP contribution in [-0.4, -0.2) is 22.9 Å². The molecule has 0 amide bonds. The second-order valence-corrected chi connectivity index (χ2v) is 3.18. The molecular formula is C4H8N6O3S. The summed E-state index contributed by atoms with van der Waals surface area (Å²) >= 11 is 0. The van der Waals surface area contributed by atoms with Gasteiger partial charge in [0, 0.05) is 12.4 Å². The molecule has 0 aliphatic carbocycles. The van der Waals surface area contributed by atoms with Gasteiger partial charge < -0.3 is 0 Å². The Bertz CT molecular complexity index is 366. The number of aromatic nitrogens is 2. The number of anilines is 1. The predicted molar refractivity (Wildman–Crippen MR) is 46.6 cm³/mol. The molecule has 14 heavy (non-hydrogen) atoms. The Balaban J connectivity index is 2.23. The van der Waals surface area contributed by atoms with Crippen LogP contribution in [0.15, 0.2) is 18.5 Å². The SMILES string of the molecule is O=S(=O)(O)NNNNc1ncccn1. The molecule has 0 spiro atoms. The first-order chi connectivity index (χ1) is 6.58. The minimum absolute atomic E-state index is 0.233. The summed E-state index contributed by atoms with van der Waals surface area (Å²) in [5.41, 5.74) is 6.52. The van der Waals surface area contributed by atoms with Gasteiger partial charge in [0.2, 0.25) is 5.95 Å². The van der Waals surface area contributed by atoms with Crippen LogP contribution in [0.1, 0.15) is 0 Å². The fourth-order valence-corrected chi connectivity index (χ4v) is 0.721. The summed E-state index contributed by atoms with van der Waals surface area (Å²) in [6.07, 6.45) is 2.99. The minimum Gasteiger partial charge on any atom is -0.275 e. The van der Waals surface area contributed by atoms with Gasteiger partial charge in [-0.1, -0.05) is 0 Å². The molecule has 0 aliphatic rings. The van der Waals surface area contributed by atoms with Crippen LogP contribution in [-0.2, 0) is 10.3 Å². The summed E-state index contributed by atoms with van der Waals surface area (Å²) in [5.74, 6) is 0.233. The van der Waals surface area contributed by atoms with Gasteiger partial charge in [0.15, 0.2) is 0 Å². The number of nitrogens with zero attached hydrogens (tertiary/aromatic N) is 2. The van der Waals surface area contributed by atoms with Crippen LogP contribution in [0.2, 0.25) is 0 Å². The Labute approximate surface area is 79.7 Å². The molecule has 0 atom stereocenters. The Morgan fingerprint density at radius 1 is 1.21 bits per heavy atom. The molecule has 1 rings (SSSR count). The minimum atomic E-state index is -4.28. The van der Waals surface area contributed by atoms with Crippen molar-refractivity contribution in [2.24, 2.45) is 0 Å². The maximum Gasteiger partial charge on any atom is 0.347 e. The average Bonchev–Trinajstić information content (AvgIpc) is 2.13. The first kappa shape index (κ1) is 10.7. The van der Waals surface area contributed by atoms with Crippen LogP contribution in [0, 0.1) is 0 Å². The molecule has 0 aliphatic heterocycles. The number of hydrazine groups is 3. The summed E-state index contributed by atoms with van der Waals surface area (Å²) in [7, 11) is -4.28. The topological polar surface area (TPSA) is 128 Å². The standard InChI is InChI=1S/C4H8N6O3S/c11-14(12,13)10-9-8-7-4-5-2-1-3-6-4/h1-3,8-10H,(H,5,6,7)(H,11,12,13). The summed E-state index contributed by atoms with van der Waals surface area (Å²) in [6, 6.07) is 1.62. The van der Waals surface area contributed by atoms with Crippen molar-refractivity contribution >= 4 is 16.3 Å². The fourth-order valence-electron chi connectivity index (χ4n) is 0.541. The third kappa shape index (κ3) is 4.64. The highest BCUT2D eigenvalue weighted by Crippen LogP contribution is 1.88. The molecule has 10 heteroatoms. The Morgan fingerprint density at radius 2 is 1.86 bits per heavy atom. The van der Waals surface area contributed by atoms with Crippen LogP contribution in [0.3, 0.4) is 0 Å². The predicted octanol–water partition coefficient (Wildman–Crippen LogP) is -1.79. The zero-order valence-electron chi connectivity index (χ0n) is 6.80. The van der Waals surface area contributed by atoms with Crippen LogP contribution in [0.25, 0.3) is 0 Å². The van der Waals surface area contributed by atoms with Gasteiger partial charge in [0.05, 0.1) is 0 Å². The lowest BCUT2D eigenvalue weighted by molar-refractivity contribution is 0.437. The second kappa shape index (κ2) is 4.78. The Morgan fingerprint density at radius 3 is 2.43 bits per heavy atom. The van der Waals surface area contributed by atoms with E-state index in [9.17, 15) is 8.42 Å². The molecule has 9 nitrogen and oxygen atoms in total. The number of nitrogens with one attached hydrogen (secondary N) is 4. The molecule has 0 unspecified atom stereocenters. The van der Waals surface area contributed by atoms with Gasteiger partial charge in [0.1, 0.15) is 0 Å². The molecule has 78 valence electrons. The second-order valence-electron chi connectivity index (χ2n) is 2.02. The van der Waals surface area contributed by atoms with E-state index in [2.05, 4.69) is 20.9 Å². The van der Waals surface area contributed by atoms with Gasteiger partial charge in [0.25, 0.3) is 0 Å². The summed E-state index contributed by atoms with van der Waals surface area (Å²) in [4.78, 5) is 9.04. The monoisotopic (exact) mass is 220 g/mol. The number of hydrogen-bond acceptors (Lipinski definition) is 7. The molecule has 0 radical (unpaired) electrons. The Kier molecular flexibility index (Phi) is 3.67. The number of hydrogen-bond donors (Lipinski definition) is 5. The molecule has 1 aromatic heterocycles. The van der Waals surface area contributed by atoms with Crippen molar-refractivity contribution in [3.63, 3.8) is 0 Å². The maximum atomic E-state index is 10.1. The molecule has 0 fully saturated rings. The van der Waals surface area contributed by atoms with Crippen molar-refractivity contribution in [1.29, 1.82) is 0 Å². The number of rotatable bonds is 5. The van der Waals surface area contributed by atoms with Crippen molar-refractivity contribution < 1.29 is 13.0 Å². The molecule has 0 saturated heterocycles. The van der Waals surface area contributed by atoms with Crippen LogP contribution in [0.4, 0.5) is 5.95 Å². The smallest absolute Gasteiger partial charge is 0.275 e. The van der Waals surface area contributed by atoms with E-state index in [0.717, 1.165) is 0 Å². The van der Waals surface area contributed by atoms with E-state index in [-0.39, 0.29) is 5.95 Å². The van der Waals surface area contributed by atoms with E-state index in [1.54, 1.807) is 10.9 Å². The van der Waals surface area contributed by atoms with Gasteiger partial charge in [-0.15, -0.1) is 4.83 Å². The van der Waals surface area contributed by atoms with Gasteiger partial charge in [-0.05, 0) is 6.07 Å². The van der Waals surface area contributed by atoms with Crippen LogP contribution < -0.4 is 21.3 Å². The van der Waals surface area contributed by atoms with Gasteiger partial charge in [-0.25, -0.2) is 9.97 Å². The third-order valence-electron chi connectivity index (χ3n) is 0.983. The lowest BCUT2D eigenvalue weighted by Crippen LogP contribution is -2.48. The van der Waals surface area contributed by atoms with E-state index in [1.165, 1.54) is 12.4 Å². The summed E-state index contributed by atoms with van der Waals surface area (Å²) < 4.78 is 28.5. The van der Waals surface area contributed by atoms with Crippen molar-refractivity contribution in [2.75, 3.05) is 5.43 Å². The largest absolute Gasteiger partial charge is 0.347 e. The first-order valence-electron chi connectivity index (χ1n) is 3.35. The summed E-state index contributed by atoms with van der Waals surface area (Å²) in [6.45, 7) is 0. The van der Waals surface area contributed by atoms with E-state index in [1.807, 2.05) is 5.53 Å². The van der Waals surface area contributed by atoms with Crippen molar-refractivity contribution in [1.82, 2.24) is 25.9 Å².